The van der Waals surface area contributed by atoms with E-state index in [1.54, 1.807) is 6.07 Å². The molecular weight excluding hydrogens is 418 g/mol. The molecule has 1 aliphatic heterocycles. The first-order valence-electron chi connectivity index (χ1n) is 11.7. The number of hydrogen-bond donors (Lipinski definition) is 1. The molecule has 0 radical (unpaired) electrons. The summed E-state index contributed by atoms with van der Waals surface area (Å²) in [6.07, 6.45) is 4.64. The summed E-state index contributed by atoms with van der Waals surface area (Å²) in [5, 5.41) is 13.9. The van der Waals surface area contributed by atoms with Gasteiger partial charge in [-0.05, 0) is 62.5 Å². The molecule has 0 saturated carbocycles. The Balaban J connectivity index is 1.56. The number of fused-ring (bicyclic) bond motifs is 1. The van der Waals surface area contributed by atoms with E-state index in [9.17, 15) is 14.9 Å². The number of carbonyl (C=O) groups is 1. The highest BCUT2D eigenvalue weighted by molar-refractivity contribution is 6.05. The largest absolute Gasteiger partial charge is 0.327 e. The third-order valence-corrected chi connectivity index (χ3v) is 6.38. The average Bonchev–Trinajstić information content (AvgIpc) is 3.15. The van der Waals surface area contributed by atoms with E-state index in [2.05, 4.69) is 28.6 Å². The number of nitro groups is 1. The van der Waals surface area contributed by atoms with Crippen molar-refractivity contribution in [1.82, 2.24) is 14.5 Å². The van der Waals surface area contributed by atoms with Gasteiger partial charge in [0.2, 0.25) is 0 Å². The predicted octanol–water partition coefficient (Wildman–Crippen LogP) is 5.23. The summed E-state index contributed by atoms with van der Waals surface area (Å²) in [4.78, 5) is 30.6. The molecule has 1 N–H and O–H groups in total. The lowest BCUT2D eigenvalue weighted by Crippen LogP contribution is -2.33. The third-order valence-electron chi connectivity index (χ3n) is 6.38. The van der Waals surface area contributed by atoms with E-state index in [-0.39, 0.29) is 17.2 Å². The van der Waals surface area contributed by atoms with Crippen LogP contribution in [0.25, 0.3) is 11.0 Å². The number of benzene rings is 2. The summed E-state index contributed by atoms with van der Waals surface area (Å²) in [5.41, 5.74) is 2.68. The monoisotopic (exact) mass is 449 g/mol. The Morgan fingerprint density at radius 2 is 2.00 bits per heavy atom. The second-order valence-electron chi connectivity index (χ2n) is 8.96. The van der Waals surface area contributed by atoms with Crippen LogP contribution in [0, 0.1) is 16.0 Å². The number of anilines is 1. The Kier molecular flexibility index (Phi) is 7.03. The highest BCUT2D eigenvalue weighted by Gasteiger charge is 2.20. The molecule has 0 aliphatic carbocycles. The summed E-state index contributed by atoms with van der Waals surface area (Å²) in [6.45, 7) is 8.46. The summed E-state index contributed by atoms with van der Waals surface area (Å²) < 4.78 is 2.31. The van der Waals surface area contributed by atoms with Crippen LogP contribution in [0.3, 0.4) is 0 Å². The van der Waals surface area contributed by atoms with Crippen LogP contribution in [-0.2, 0) is 13.1 Å². The fourth-order valence-corrected chi connectivity index (χ4v) is 4.33. The number of piperidine rings is 1. The lowest BCUT2D eigenvalue weighted by Gasteiger charge is -2.30. The molecule has 4 rings (SSSR count). The summed E-state index contributed by atoms with van der Waals surface area (Å²) >= 11 is 0. The smallest absolute Gasteiger partial charge is 0.270 e. The van der Waals surface area contributed by atoms with Crippen molar-refractivity contribution in [3.63, 3.8) is 0 Å². The molecule has 8 nitrogen and oxygen atoms in total. The van der Waals surface area contributed by atoms with Crippen LogP contribution in [0.5, 0.6) is 0 Å². The molecule has 0 atom stereocenters. The van der Waals surface area contributed by atoms with Gasteiger partial charge >= 0.3 is 0 Å². The number of aromatic nitrogens is 2. The zero-order chi connectivity index (χ0) is 23.4. The number of aryl methyl sites for hydroxylation is 1. The van der Waals surface area contributed by atoms with Crippen molar-refractivity contribution in [2.24, 2.45) is 5.92 Å². The molecule has 2 aromatic carbocycles. The van der Waals surface area contributed by atoms with Crippen LogP contribution in [0.2, 0.25) is 0 Å². The number of imidazole rings is 1. The van der Waals surface area contributed by atoms with Crippen LogP contribution in [-0.4, -0.2) is 38.4 Å². The van der Waals surface area contributed by atoms with Gasteiger partial charge in [-0.2, -0.15) is 0 Å². The normalized spacial score (nSPS) is 15.1. The highest BCUT2D eigenvalue weighted by atomic mass is 16.6. The first kappa shape index (κ1) is 22.9. The maximum atomic E-state index is 12.7. The zero-order valence-corrected chi connectivity index (χ0v) is 19.3. The predicted molar refractivity (Wildman–Crippen MR) is 129 cm³/mol. The van der Waals surface area contributed by atoms with Gasteiger partial charge in [0.25, 0.3) is 11.6 Å². The van der Waals surface area contributed by atoms with E-state index in [0.29, 0.717) is 5.69 Å². The van der Waals surface area contributed by atoms with Crippen molar-refractivity contribution in [2.75, 3.05) is 18.4 Å². The molecule has 1 amide bonds. The van der Waals surface area contributed by atoms with Gasteiger partial charge in [0.05, 0.1) is 22.5 Å². The summed E-state index contributed by atoms with van der Waals surface area (Å²) in [7, 11) is 0. The first-order chi connectivity index (χ1) is 15.9. The molecule has 0 spiro atoms. The van der Waals surface area contributed by atoms with Gasteiger partial charge in [-0.25, -0.2) is 4.98 Å². The molecule has 1 aliphatic rings. The van der Waals surface area contributed by atoms with Gasteiger partial charge < -0.3 is 9.88 Å². The minimum Gasteiger partial charge on any atom is -0.327 e. The zero-order valence-electron chi connectivity index (χ0n) is 19.3. The minimum absolute atomic E-state index is 0.107. The van der Waals surface area contributed by atoms with Crippen molar-refractivity contribution < 1.29 is 9.72 Å². The number of non-ortho nitro benzene ring substituents is 1. The van der Waals surface area contributed by atoms with E-state index in [0.717, 1.165) is 61.8 Å². The third kappa shape index (κ3) is 5.39. The molecule has 1 fully saturated rings. The topological polar surface area (TPSA) is 93.3 Å². The maximum Gasteiger partial charge on any atom is 0.270 e. The fourth-order valence-electron chi connectivity index (χ4n) is 4.33. The highest BCUT2D eigenvalue weighted by Crippen LogP contribution is 2.25. The number of likely N-dealkylation sites (tertiary alicyclic amines) is 1. The van der Waals surface area contributed by atoms with Gasteiger partial charge in [-0.15, -0.1) is 0 Å². The van der Waals surface area contributed by atoms with Gasteiger partial charge in [-0.1, -0.05) is 26.3 Å². The van der Waals surface area contributed by atoms with Crippen LogP contribution in [0.1, 0.15) is 55.7 Å². The van der Waals surface area contributed by atoms with Gasteiger partial charge in [-0.3, -0.25) is 19.8 Å². The van der Waals surface area contributed by atoms with E-state index in [1.165, 1.54) is 31.0 Å². The molecule has 2 heterocycles. The van der Waals surface area contributed by atoms with Gasteiger partial charge in [0.1, 0.15) is 5.82 Å². The van der Waals surface area contributed by atoms with Crippen molar-refractivity contribution in [2.45, 2.75) is 52.6 Å². The Bertz CT molecular complexity index is 1150. The number of nitro benzene ring substituents is 1. The lowest BCUT2D eigenvalue weighted by molar-refractivity contribution is -0.384. The standard InChI is InChI=1S/C25H31N5O3/c1-3-4-12-29-23-9-8-20(26-25(31)19-6-5-7-21(15-19)30(32)33)16-22(23)27-24(29)17-28-13-10-18(2)11-14-28/h5-9,15-16,18H,3-4,10-14,17H2,1-2H3,(H,26,31). The number of hydrogen-bond acceptors (Lipinski definition) is 5. The number of nitrogens with one attached hydrogen (secondary N) is 1. The van der Waals surface area contributed by atoms with Crippen molar-refractivity contribution in [3.8, 4) is 0 Å². The van der Waals surface area contributed by atoms with Crippen molar-refractivity contribution >= 4 is 28.3 Å². The second kappa shape index (κ2) is 10.1. The molecule has 1 aromatic heterocycles. The minimum atomic E-state index is -0.504. The maximum absolute atomic E-state index is 12.7. The average molecular weight is 450 g/mol. The van der Waals surface area contributed by atoms with E-state index < -0.39 is 4.92 Å². The molecule has 1 saturated heterocycles. The molecule has 8 heteroatoms. The molecule has 33 heavy (non-hydrogen) atoms. The summed E-state index contributed by atoms with van der Waals surface area (Å²) in [6, 6.07) is 11.5. The molecule has 0 bridgehead atoms. The quantitative estimate of drug-likeness (QED) is 0.375. The lowest BCUT2D eigenvalue weighted by atomic mass is 9.99. The van der Waals surface area contributed by atoms with Gasteiger partial charge in [0, 0.05) is 29.9 Å². The Labute approximate surface area is 193 Å². The number of nitrogens with zero attached hydrogens (tertiary/aromatic N) is 4. The van der Waals surface area contributed by atoms with Crippen LogP contribution in [0.15, 0.2) is 42.5 Å². The Morgan fingerprint density at radius 3 is 2.73 bits per heavy atom. The first-order valence-corrected chi connectivity index (χ1v) is 11.7. The van der Waals surface area contributed by atoms with Crippen molar-refractivity contribution in [1.29, 1.82) is 0 Å². The van der Waals surface area contributed by atoms with Crippen LogP contribution >= 0.6 is 0 Å². The molecule has 174 valence electrons. The molecule has 3 aromatic rings. The van der Waals surface area contributed by atoms with E-state index in [4.69, 9.17) is 4.98 Å². The Hall–Kier alpha value is -3.26. The second-order valence-corrected chi connectivity index (χ2v) is 8.96. The summed E-state index contributed by atoms with van der Waals surface area (Å²) in [5.74, 6) is 1.47. The van der Waals surface area contributed by atoms with E-state index in [1.807, 2.05) is 18.2 Å². The SMILES string of the molecule is CCCCn1c(CN2CCC(C)CC2)nc2cc(NC(=O)c3cccc([N+](=O)[O-])c3)ccc21. The fraction of sp³-hybridized carbons (Fsp3) is 0.440. The molecule has 0 unspecified atom stereocenters. The number of rotatable bonds is 8. The number of carbonyl (C=O) groups excluding carboxylic acids is 1. The van der Waals surface area contributed by atoms with Gasteiger partial charge in [0.15, 0.2) is 0 Å². The number of amides is 1. The van der Waals surface area contributed by atoms with Crippen molar-refractivity contribution in [3.05, 3.63) is 64.0 Å². The van der Waals surface area contributed by atoms with Crippen LogP contribution in [0.4, 0.5) is 11.4 Å². The van der Waals surface area contributed by atoms with Crippen LogP contribution < -0.4 is 5.32 Å². The molecular formula is C25H31N5O3. The Morgan fingerprint density at radius 1 is 1.21 bits per heavy atom. The number of unbranched alkanes of at least 4 members (excludes halogenated alkanes) is 1. The van der Waals surface area contributed by atoms with E-state index >= 15 is 0 Å².